The molecule has 30 heavy (non-hydrogen) atoms. The van der Waals surface area contributed by atoms with Gasteiger partial charge in [0.05, 0.1) is 0 Å². The molecule has 3 aromatic carbocycles. The van der Waals surface area contributed by atoms with Gasteiger partial charge in [0, 0.05) is 0 Å². The molecule has 0 aliphatic carbocycles. The van der Waals surface area contributed by atoms with Gasteiger partial charge in [-0.2, -0.15) is 0 Å². The Bertz CT molecular complexity index is 1840. The zero-order chi connectivity index (χ0) is 19.1. The first-order chi connectivity index (χ1) is 14.5. The average Bonchev–Trinajstić information content (AvgIpc) is 3.76. The zero-order valence-electron chi connectivity index (χ0n) is 17.0. The second-order valence-corrected chi connectivity index (χ2v) is 39.7. The van der Waals surface area contributed by atoms with Gasteiger partial charge in [-0.3, -0.25) is 0 Å². The summed E-state index contributed by atoms with van der Waals surface area (Å²) < 4.78 is 2.75. The number of rotatable bonds is 3. The Kier molecular flexibility index (Phi) is 0.694. The summed E-state index contributed by atoms with van der Waals surface area (Å²) in [7, 11) is 1.47. The molecule has 10 saturated heterocycles. The SMILES string of the molecule is [SiH3][C]12[CH]3[C]4(c5ccccc5)[C]5(c6ccccc6)[C]1(c1ccccc1)[Fe]32451678[CH]2[CH]1[CH]6[CH]7[CH]28. The second kappa shape index (κ2) is 1.60. The summed E-state index contributed by atoms with van der Waals surface area (Å²) in [6.07, 6.45) is 0. The molecule has 13 rings (SSSR count). The van der Waals surface area contributed by atoms with E-state index < -0.39 is 6.51 Å². The Labute approximate surface area is 169 Å². The van der Waals surface area contributed by atoms with Crippen LogP contribution in [0.15, 0.2) is 91.0 Å². The minimum atomic E-state index is -3.97. The fraction of sp³-hybridized carbons (Fsp3) is 0.357. The number of benzene rings is 3. The quantitative estimate of drug-likeness (QED) is 0.476. The molecule has 5 atom stereocenters. The molecule has 0 radical (unpaired) electrons. The Balaban J connectivity index is 1.39. The van der Waals surface area contributed by atoms with Gasteiger partial charge in [0.25, 0.3) is 0 Å². The van der Waals surface area contributed by atoms with Crippen molar-refractivity contribution in [3.8, 4) is 0 Å². The van der Waals surface area contributed by atoms with Crippen LogP contribution in [0.3, 0.4) is 0 Å². The van der Waals surface area contributed by atoms with Gasteiger partial charge in [-0.25, -0.2) is 0 Å². The van der Waals surface area contributed by atoms with E-state index in [0.717, 1.165) is 3.94 Å². The van der Waals surface area contributed by atoms with Crippen LogP contribution in [0.1, 0.15) is 16.7 Å². The first-order valence-corrected chi connectivity index (χ1v) is 18.9. The Morgan fingerprint density at radius 2 is 0.933 bits per heavy atom. The van der Waals surface area contributed by atoms with Crippen molar-refractivity contribution in [2.45, 2.75) is 45.8 Å². The van der Waals surface area contributed by atoms with Gasteiger partial charge in [0.15, 0.2) is 0 Å². The van der Waals surface area contributed by atoms with Crippen molar-refractivity contribution in [3.05, 3.63) is 108 Å². The molecular weight excluding hydrogens is 420 g/mol. The van der Waals surface area contributed by atoms with Gasteiger partial charge >= 0.3 is 170 Å². The molecule has 2 heteroatoms. The van der Waals surface area contributed by atoms with E-state index in [9.17, 15) is 0 Å². The van der Waals surface area contributed by atoms with E-state index in [-0.39, 0.29) is 0 Å². The number of hydrogen-bond acceptors (Lipinski definition) is 0. The van der Waals surface area contributed by atoms with Crippen molar-refractivity contribution < 1.29 is 6.51 Å². The molecule has 0 aromatic heterocycles. The average molecular weight is 444 g/mol. The maximum absolute atomic E-state index is 3.97. The van der Waals surface area contributed by atoms with E-state index in [1.807, 2.05) is 16.7 Å². The molecule has 0 N–H and O–H groups in total. The fourth-order valence-electron chi connectivity index (χ4n) is 23.0. The van der Waals surface area contributed by atoms with E-state index >= 15 is 0 Å². The molecule has 10 aliphatic rings. The number of hydrogen-bond donors (Lipinski definition) is 0. The summed E-state index contributed by atoms with van der Waals surface area (Å²) in [4.78, 5) is 7.43. The van der Waals surface area contributed by atoms with E-state index in [0.29, 0.717) is 12.9 Å². The summed E-state index contributed by atoms with van der Waals surface area (Å²) in [5.41, 5.74) is 5.46. The Morgan fingerprint density at radius 1 is 0.533 bits per heavy atom. The number of fused-ring (bicyclic) bond motifs is 10. The first-order valence-electron chi connectivity index (χ1n) is 11.9. The molecule has 0 saturated carbocycles. The van der Waals surface area contributed by atoms with Crippen LogP contribution >= 0.6 is 0 Å². The van der Waals surface area contributed by atoms with Crippen molar-refractivity contribution in [2.75, 3.05) is 0 Å². The van der Waals surface area contributed by atoms with Gasteiger partial charge < -0.3 is 0 Å². The van der Waals surface area contributed by atoms with Crippen LogP contribution in [-0.4, -0.2) is 10.2 Å². The second-order valence-electron chi connectivity index (χ2n) is 14.4. The topological polar surface area (TPSA) is 0 Å². The third kappa shape index (κ3) is 0.195. The van der Waals surface area contributed by atoms with Gasteiger partial charge in [-0.1, -0.05) is 0 Å². The van der Waals surface area contributed by atoms with E-state index in [1.54, 1.807) is 0 Å². The van der Waals surface area contributed by atoms with Crippen LogP contribution in [0.2, 0.25) is 32.8 Å². The molecule has 3 aromatic rings. The minimum absolute atomic E-state index is 0.583. The monoisotopic (exact) mass is 444 g/mol. The van der Waals surface area contributed by atoms with Crippen molar-refractivity contribution in [3.63, 3.8) is 0 Å². The van der Waals surface area contributed by atoms with Crippen LogP contribution < -0.4 is 0 Å². The first kappa shape index (κ1) is 13.1. The molecule has 0 amide bonds. The van der Waals surface area contributed by atoms with Crippen molar-refractivity contribution in [1.82, 2.24) is 0 Å². The molecule has 10 aliphatic heterocycles. The third-order valence-corrected chi connectivity index (χ3v) is 74.1. The maximum atomic E-state index is 2.60. The molecule has 0 bridgehead atoms. The summed E-state index contributed by atoms with van der Waals surface area (Å²) >= 11 is 0. The summed E-state index contributed by atoms with van der Waals surface area (Å²) in [6, 6.07) is 36.6. The molecule has 148 valence electrons. The molecule has 10 heterocycles. The van der Waals surface area contributed by atoms with Gasteiger partial charge in [0.2, 0.25) is 0 Å². The Hall–Kier alpha value is -1.60. The fourth-order valence-corrected chi connectivity index (χ4v) is 122. The van der Waals surface area contributed by atoms with Crippen molar-refractivity contribution in [1.29, 1.82) is 0 Å². The van der Waals surface area contributed by atoms with E-state index in [1.165, 1.54) is 39.1 Å². The standard InChI is InChI=1S/C23H19Si.C5H5.Fe/c24-21-16-20(17-10-4-1-5-11-17)22(18-12-6-2-7-13-18)23(21)19-14-8-3-9-15-19;1-2-4-5-3-1;/h1-16H,24H3;1-5H;. The van der Waals surface area contributed by atoms with Crippen molar-refractivity contribution in [2.24, 2.45) is 0 Å². The summed E-state index contributed by atoms with van der Waals surface area (Å²) in [5, 5.41) is 0. The van der Waals surface area contributed by atoms with E-state index in [4.69, 9.17) is 0 Å². The predicted octanol–water partition coefficient (Wildman–Crippen LogP) is 5.39. The van der Waals surface area contributed by atoms with Crippen LogP contribution in [0, 0.1) is 0 Å². The Morgan fingerprint density at radius 3 is 1.37 bits per heavy atom. The van der Waals surface area contributed by atoms with Crippen LogP contribution in [0.4, 0.5) is 0 Å². The van der Waals surface area contributed by atoms with Crippen LogP contribution in [-0.2, 0) is 19.4 Å². The van der Waals surface area contributed by atoms with Crippen LogP contribution in [0.5, 0.6) is 0 Å². The normalized spacial score (nSPS) is 79.9. The van der Waals surface area contributed by atoms with Crippen LogP contribution in [0.25, 0.3) is 0 Å². The van der Waals surface area contributed by atoms with Crippen molar-refractivity contribution >= 4 is 10.2 Å². The molecule has 0 nitrogen and oxygen atoms in total. The summed E-state index contributed by atoms with van der Waals surface area (Å²) in [5.74, 6) is 0. The van der Waals surface area contributed by atoms with Gasteiger partial charge in [-0.05, 0) is 0 Å². The molecule has 10 fully saturated rings. The molecular formula is C28H24FeSi. The summed E-state index contributed by atoms with van der Waals surface area (Å²) in [6.45, 7) is -3.97. The van der Waals surface area contributed by atoms with E-state index in [2.05, 4.69) is 91.0 Å². The predicted molar refractivity (Wildman–Crippen MR) is 119 cm³/mol. The molecule has 5 unspecified atom stereocenters. The van der Waals surface area contributed by atoms with Gasteiger partial charge in [0.1, 0.15) is 0 Å². The third-order valence-electron chi connectivity index (χ3n) is 19.5. The molecule has 1 spiro atoms. The zero-order valence-corrected chi connectivity index (χ0v) is 20.1. The van der Waals surface area contributed by atoms with Gasteiger partial charge in [-0.15, -0.1) is 0 Å².